The Labute approximate surface area is 102 Å². The SMILES string of the molecule is CCCN(c1cccc(N)c1)S(=O)(=O)C1CC1. The zero-order chi connectivity index (χ0) is 12.5. The molecule has 1 saturated carbocycles. The molecule has 5 heteroatoms. The molecule has 94 valence electrons. The minimum absolute atomic E-state index is 0.185. The summed E-state index contributed by atoms with van der Waals surface area (Å²) < 4.78 is 26.1. The predicted molar refractivity (Wildman–Crippen MR) is 70.4 cm³/mol. The van der Waals surface area contributed by atoms with Gasteiger partial charge in [-0.2, -0.15) is 0 Å². The Hall–Kier alpha value is -1.23. The first-order valence-corrected chi connectivity index (χ1v) is 7.43. The Kier molecular flexibility index (Phi) is 3.28. The number of benzene rings is 1. The first kappa shape index (κ1) is 12.2. The highest BCUT2D eigenvalue weighted by Gasteiger charge is 2.39. The molecule has 2 rings (SSSR count). The molecule has 0 saturated heterocycles. The third-order valence-corrected chi connectivity index (χ3v) is 5.16. The highest BCUT2D eigenvalue weighted by atomic mass is 32.2. The van der Waals surface area contributed by atoms with Gasteiger partial charge in [-0.05, 0) is 37.5 Å². The Morgan fingerprint density at radius 3 is 2.65 bits per heavy atom. The highest BCUT2D eigenvalue weighted by molar-refractivity contribution is 7.93. The van der Waals surface area contributed by atoms with E-state index in [-0.39, 0.29) is 5.25 Å². The van der Waals surface area contributed by atoms with Crippen LogP contribution >= 0.6 is 0 Å². The van der Waals surface area contributed by atoms with Crippen molar-refractivity contribution in [2.45, 2.75) is 31.4 Å². The monoisotopic (exact) mass is 254 g/mol. The molecule has 0 atom stereocenters. The molecule has 0 aliphatic heterocycles. The van der Waals surface area contributed by atoms with Crippen LogP contribution in [-0.4, -0.2) is 20.2 Å². The fourth-order valence-corrected chi connectivity index (χ4v) is 3.77. The lowest BCUT2D eigenvalue weighted by Gasteiger charge is -2.24. The fourth-order valence-electron chi connectivity index (χ4n) is 1.83. The summed E-state index contributed by atoms with van der Waals surface area (Å²) in [6.07, 6.45) is 2.36. The normalized spacial score (nSPS) is 15.8. The van der Waals surface area contributed by atoms with E-state index in [2.05, 4.69) is 0 Å². The molecule has 0 spiro atoms. The smallest absolute Gasteiger partial charge is 0.238 e. The van der Waals surface area contributed by atoms with Crippen LogP contribution in [-0.2, 0) is 10.0 Å². The summed E-state index contributed by atoms with van der Waals surface area (Å²) >= 11 is 0. The van der Waals surface area contributed by atoms with E-state index in [0.29, 0.717) is 17.9 Å². The average Bonchev–Trinajstić information content (AvgIpc) is 3.09. The Morgan fingerprint density at radius 2 is 2.12 bits per heavy atom. The number of rotatable bonds is 5. The van der Waals surface area contributed by atoms with E-state index in [1.54, 1.807) is 24.3 Å². The molecule has 17 heavy (non-hydrogen) atoms. The van der Waals surface area contributed by atoms with Crippen LogP contribution in [0.3, 0.4) is 0 Å². The lowest BCUT2D eigenvalue weighted by Crippen LogP contribution is -2.34. The summed E-state index contributed by atoms with van der Waals surface area (Å²) in [4.78, 5) is 0. The van der Waals surface area contributed by atoms with Crippen molar-refractivity contribution < 1.29 is 8.42 Å². The minimum atomic E-state index is -3.18. The van der Waals surface area contributed by atoms with Gasteiger partial charge in [0.25, 0.3) is 0 Å². The molecule has 1 aromatic carbocycles. The summed E-state index contributed by atoms with van der Waals surface area (Å²) in [7, 11) is -3.18. The molecular weight excluding hydrogens is 236 g/mol. The van der Waals surface area contributed by atoms with Crippen LogP contribution in [0, 0.1) is 0 Å². The van der Waals surface area contributed by atoms with Crippen molar-refractivity contribution >= 4 is 21.4 Å². The maximum Gasteiger partial charge on any atom is 0.238 e. The number of nitrogen functional groups attached to an aromatic ring is 1. The average molecular weight is 254 g/mol. The maximum absolute atomic E-state index is 12.3. The molecule has 1 fully saturated rings. The van der Waals surface area contributed by atoms with E-state index in [1.807, 2.05) is 6.92 Å². The molecule has 0 radical (unpaired) electrons. The van der Waals surface area contributed by atoms with Gasteiger partial charge in [0, 0.05) is 12.2 Å². The van der Waals surface area contributed by atoms with Gasteiger partial charge in [-0.1, -0.05) is 13.0 Å². The molecule has 0 amide bonds. The van der Waals surface area contributed by atoms with Gasteiger partial charge in [-0.25, -0.2) is 8.42 Å². The summed E-state index contributed by atoms with van der Waals surface area (Å²) in [5, 5.41) is -0.185. The Morgan fingerprint density at radius 1 is 1.41 bits per heavy atom. The van der Waals surface area contributed by atoms with Crippen LogP contribution in [0.5, 0.6) is 0 Å². The third-order valence-electron chi connectivity index (χ3n) is 2.84. The van der Waals surface area contributed by atoms with Crippen molar-refractivity contribution in [1.82, 2.24) is 0 Å². The Bertz CT molecular complexity index is 495. The summed E-state index contributed by atoms with van der Waals surface area (Å²) in [6.45, 7) is 2.49. The summed E-state index contributed by atoms with van der Waals surface area (Å²) in [5.74, 6) is 0. The van der Waals surface area contributed by atoms with Crippen LogP contribution in [0.4, 0.5) is 11.4 Å². The quantitative estimate of drug-likeness (QED) is 0.817. The molecule has 0 heterocycles. The second-order valence-electron chi connectivity index (χ2n) is 4.41. The topological polar surface area (TPSA) is 63.4 Å². The Balaban J connectivity index is 2.35. The zero-order valence-corrected chi connectivity index (χ0v) is 10.8. The second-order valence-corrected chi connectivity index (χ2v) is 6.55. The van der Waals surface area contributed by atoms with Crippen LogP contribution in [0.15, 0.2) is 24.3 Å². The largest absolute Gasteiger partial charge is 0.399 e. The van der Waals surface area contributed by atoms with Gasteiger partial charge in [-0.15, -0.1) is 0 Å². The third kappa shape index (κ3) is 2.54. The lowest BCUT2D eigenvalue weighted by atomic mass is 10.3. The van der Waals surface area contributed by atoms with E-state index in [4.69, 9.17) is 5.73 Å². The standard InChI is InChI=1S/C12H18N2O2S/c1-2-8-14(17(15,16)12-6-7-12)11-5-3-4-10(13)9-11/h3-5,9,12H,2,6-8,13H2,1H3. The molecule has 0 bridgehead atoms. The van der Waals surface area contributed by atoms with E-state index in [0.717, 1.165) is 19.3 Å². The first-order valence-electron chi connectivity index (χ1n) is 5.93. The van der Waals surface area contributed by atoms with E-state index >= 15 is 0 Å². The number of hydrogen-bond acceptors (Lipinski definition) is 3. The number of anilines is 2. The van der Waals surface area contributed by atoms with Crippen LogP contribution in [0.25, 0.3) is 0 Å². The number of nitrogens with two attached hydrogens (primary N) is 1. The van der Waals surface area contributed by atoms with Gasteiger partial charge in [0.05, 0.1) is 10.9 Å². The van der Waals surface area contributed by atoms with Gasteiger partial charge in [0.15, 0.2) is 0 Å². The lowest BCUT2D eigenvalue weighted by molar-refractivity contribution is 0.589. The van der Waals surface area contributed by atoms with Crippen molar-refractivity contribution in [3.63, 3.8) is 0 Å². The molecule has 1 aliphatic rings. The van der Waals surface area contributed by atoms with Crippen molar-refractivity contribution in [1.29, 1.82) is 0 Å². The van der Waals surface area contributed by atoms with Crippen molar-refractivity contribution in [2.75, 3.05) is 16.6 Å². The van der Waals surface area contributed by atoms with Gasteiger partial charge < -0.3 is 5.73 Å². The molecule has 4 nitrogen and oxygen atoms in total. The van der Waals surface area contributed by atoms with E-state index < -0.39 is 10.0 Å². The van der Waals surface area contributed by atoms with Crippen LogP contribution < -0.4 is 10.0 Å². The number of hydrogen-bond donors (Lipinski definition) is 1. The predicted octanol–water partition coefficient (Wildman–Crippen LogP) is 1.98. The van der Waals surface area contributed by atoms with Gasteiger partial charge in [-0.3, -0.25) is 4.31 Å². The van der Waals surface area contributed by atoms with Gasteiger partial charge in [0.2, 0.25) is 10.0 Å². The first-order chi connectivity index (χ1) is 8.05. The fraction of sp³-hybridized carbons (Fsp3) is 0.500. The van der Waals surface area contributed by atoms with Gasteiger partial charge in [0.1, 0.15) is 0 Å². The zero-order valence-electron chi connectivity index (χ0n) is 9.96. The summed E-state index contributed by atoms with van der Waals surface area (Å²) in [6, 6.07) is 7.06. The molecular formula is C12H18N2O2S. The molecule has 2 N–H and O–H groups in total. The molecule has 0 unspecified atom stereocenters. The van der Waals surface area contributed by atoms with Crippen molar-refractivity contribution in [3.05, 3.63) is 24.3 Å². The summed E-state index contributed by atoms with van der Waals surface area (Å²) in [5.41, 5.74) is 6.98. The van der Waals surface area contributed by atoms with Crippen LogP contribution in [0.1, 0.15) is 26.2 Å². The number of nitrogens with zero attached hydrogens (tertiary/aromatic N) is 1. The van der Waals surface area contributed by atoms with Crippen LogP contribution in [0.2, 0.25) is 0 Å². The number of sulfonamides is 1. The van der Waals surface area contributed by atoms with E-state index in [1.165, 1.54) is 4.31 Å². The van der Waals surface area contributed by atoms with Crippen molar-refractivity contribution in [2.24, 2.45) is 0 Å². The van der Waals surface area contributed by atoms with E-state index in [9.17, 15) is 8.42 Å². The molecule has 1 aromatic rings. The highest BCUT2D eigenvalue weighted by Crippen LogP contribution is 2.34. The van der Waals surface area contributed by atoms with Crippen molar-refractivity contribution in [3.8, 4) is 0 Å². The van der Waals surface area contributed by atoms with Gasteiger partial charge >= 0.3 is 0 Å². The maximum atomic E-state index is 12.3. The molecule has 1 aliphatic carbocycles. The molecule has 0 aromatic heterocycles. The second kappa shape index (κ2) is 4.56. The minimum Gasteiger partial charge on any atom is -0.399 e.